The number of aliphatic hydroxyl groups is 1. The van der Waals surface area contributed by atoms with Gasteiger partial charge in [-0.3, -0.25) is 21.2 Å². The molecule has 3 aromatic rings. The number of anilines is 1. The summed E-state index contributed by atoms with van der Waals surface area (Å²) in [7, 11) is 1.48. The monoisotopic (exact) mass is 504 g/mol. The summed E-state index contributed by atoms with van der Waals surface area (Å²) >= 11 is 6.06. The minimum Gasteiger partial charge on any atom is -0.493 e. The first kappa shape index (κ1) is 25.1. The fraction of sp³-hybridized carbons (Fsp3) is 0.435. The second-order valence-corrected chi connectivity index (χ2v) is 9.20. The van der Waals surface area contributed by atoms with Crippen molar-refractivity contribution in [1.29, 1.82) is 0 Å². The van der Waals surface area contributed by atoms with Gasteiger partial charge in [0.25, 0.3) is 11.9 Å². The molecule has 1 amide bonds. The van der Waals surface area contributed by atoms with Crippen LogP contribution in [0.2, 0.25) is 5.02 Å². The van der Waals surface area contributed by atoms with Gasteiger partial charge in [0.1, 0.15) is 5.52 Å². The maximum atomic E-state index is 13.4. The average molecular weight is 505 g/mol. The number of carbonyl (C=O) groups is 1. The Hall–Kier alpha value is -2.96. The smallest absolute Gasteiger partial charge is 0.296 e. The van der Waals surface area contributed by atoms with Crippen molar-refractivity contribution < 1.29 is 23.8 Å². The molecule has 1 fully saturated rings. The highest BCUT2D eigenvalue weighted by Gasteiger charge is 2.38. The van der Waals surface area contributed by atoms with Crippen molar-refractivity contribution >= 4 is 34.6 Å². The van der Waals surface area contributed by atoms with Gasteiger partial charge in [-0.25, -0.2) is 0 Å². The van der Waals surface area contributed by atoms with Crippen LogP contribution in [0.25, 0.3) is 11.1 Å². The van der Waals surface area contributed by atoms with Gasteiger partial charge in [-0.15, -0.1) is 0 Å². The zero-order valence-corrected chi connectivity index (χ0v) is 20.5. The van der Waals surface area contributed by atoms with Crippen molar-refractivity contribution in [3.05, 3.63) is 46.7 Å². The third-order valence-corrected chi connectivity index (χ3v) is 5.95. The van der Waals surface area contributed by atoms with E-state index in [-0.39, 0.29) is 31.1 Å². The Kier molecular flexibility index (Phi) is 7.15. The molecule has 3 atom stereocenters. The van der Waals surface area contributed by atoms with E-state index in [0.29, 0.717) is 33.9 Å². The number of aliphatic hydroxyl groups excluding tert-OH is 1. The lowest BCUT2D eigenvalue weighted by molar-refractivity contribution is -0.0698. The van der Waals surface area contributed by atoms with E-state index in [1.807, 2.05) is 6.92 Å². The van der Waals surface area contributed by atoms with Crippen LogP contribution in [0.4, 0.5) is 6.01 Å². The molecule has 0 radical (unpaired) electrons. The molecule has 1 saturated heterocycles. The number of aromatic nitrogens is 2. The van der Waals surface area contributed by atoms with Crippen LogP contribution < -0.4 is 21.5 Å². The Morgan fingerprint density at radius 1 is 1.43 bits per heavy atom. The number of pyridine rings is 1. The second kappa shape index (κ2) is 9.96. The van der Waals surface area contributed by atoms with E-state index in [2.05, 4.69) is 15.3 Å². The lowest BCUT2D eigenvalue weighted by Gasteiger charge is -2.25. The number of nitrogens with zero attached hydrogens (tertiary/aromatic N) is 3. The van der Waals surface area contributed by atoms with E-state index >= 15 is 0 Å². The first-order valence-corrected chi connectivity index (χ1v) is 11.5. The fourth-order valence-corrected chi connectivity index (χ4v) is 4.33. The summed E-state index contributed by atoms with van der Waals surface area (Å²) in [6.45, 7) is 3.45. The average Bonchev–Trinajstić information content (AvgIpc) is 3.39. The first-order valence-electron chi connectivity index (χ1n) is 11.1. The van der Waals surface area contributed by atoms with Crippen molar-refractivity contribution in [2.75, 3.05) is 25.6 Å². The van der Waals surface area contributed by atoms with Crippen LogP contribution in [0, 0.1) is 0 Å². The predicted octanol–water partition coefficient (Wildman–Crippen LogP) is 2.24. The molecule has 0 saturated carbocycles. The Morgan fingerprint density at radius 3 is 2.86 bits per heavy atom. The first-order chi connectivity index (χ1) is 16.6. The van der Waals surface area contributed by atoms with Crippen molar-refractivity contribution in [1.82, 2.24) is 14.9 Å². The Morgan fingerprint density at radius 2 is 2.20 bits per heavy atom. The highest BCUT2D eigenvalue weighted by atomic mass is 35.5. The van der Waals surface area contributed by atoms with Crippen LogP contribution in [0.1, 0.15) is 42.4 Å². The van der Waals surface area contributed by atoms with E-state index in [0.717, 1.165) is 5.69 Å². The van der Waals surface area contributed by atoms with Crippen LogP contribution in [0.3, 0.4) is 0 Å². The molecule has 1 aliphatic heterocycles. The molecule has 2 aromatic heterocycles. The molecule has 0 spiro atoms. The number of rotatable bonds is 8. The molecule has 1 aliphatic rings. The Balaban J connectivity index is 1.58. The number of amides is 1. The molecule has 1 aromatic carbocycles. The summed E-state index contributed by atoms with van der Waals surface area (Å²) in [6, 6.07) is 6.22. The van der Waals surface area contributed by atoms with Gasteiger partial charge in [0.2, 0.25) is 0 Å². The summed E-state index contributed by atoms with van der Waals surface area (Å²) in [5, 5.41) is 13.6. The third kappa shape index (κ3) is 5.65. The van der Waals surface area contributed by atoms with Gasteiger partial charge in [0.05, 0.1) is 37.6 Å². The van der Waals surface area contributed by atoms with E-state index in [4.69, 9.17) is 37.0 Å². The lowest BCUT2D eigenvalue weighted by Crippen LogP contribution is -2.51. The summed E-state index contributed by atoms with van der Waals surface area (Å²) < 4.78 is 17.0. The summed E-state index contributed by atoms with van der Waals surface area (Å²) in [6.07, 6.45) is 1.64. The zero-order chi connectivity index (χ0) is 25.3. The van der Waals surface area contributed by atoms with E-state index in [9.17, 15) is 9.90 Å². The van der Waals surface area contributed by atoms with Gasteiger partial charge >= 0.3 is 0 Å². The molecule has 12 heteroatoms. The van der Waals surface area contributed by atoms with Crippen LogP contribution in [-0.4, -0.2) is 64.1 Å². The molecule has 35 heavy (non-hydrogen) atoms. The van der Waals surface area contributed by atoms with Gasteiger partial charge in [-0.05, 0) is 44.5 Å². The van der Waals surface area contributed by atoms with Crippen molar-refractivity contribution in [3.63, 3.8) is 0 Å². The standard InChI is InChI=1S/C23H29ClN6O5/c1-12(17-8-14(24)4-5-27-17)28-22-29-18-6-13(7-19(33-3)20(18)34-22)21(32)30-10-16(9-15(30)11-31)35-23(2,25)26/h4-8,12,15-16,31H,9-11,25-26H2,1-3H3,(H,28,29). The normalized spacial score (nSPS) is 19.2. The van der Waals surface area contributed by atoms with Crippen LogP contribution in [0.15, 0.2) is 34.9 Å². The van der Waals surface area contributed by atoms with Crippen molar-refractivity contribution in [2.45, 2.75) is 44.3 Å². The molecular formula is C23H29ClN6O5. The zero-order valence-electron chi connectivity index (χ0n) is 19.7. The van der Waals surface area contributed by atoms with Gasteiger partial charge in [0, 0.05) is 23.3 Å². The maximum Gasteiger partial charge on any atom is 0.296 e. The van der Waals surface area contributed by atoms with Gasteiger partial charge in [0.15, 0.2) is 17.2 Å². The number of halogens is 1. The molecule has 11 nitrogen and oxygen atoms in total. The van der Waals surface area contributed by atoms with Crippen molar-refractivity contribution in [2.24, 2.45) is 11.5 Å². The third-order valence-electron chi connectivity index (χ3n) is 5.72. The molecule has 3 unspecified atom stereocenters. The Bertz CT molecular complexity index is 1210. The van der Waals surface area contributed by atoms with Crippen LogP contribution in [-0.2, 0) is 4.74 Å². The largest absolute Gasteiger partial charge is 0.493 e. The van der Waals surface area contributed by atoms with E-state index < -0.39 is 18.0 Å². The molecule has 6 N–H and O–H groups in total. The summed E-state index contributed by atoms with van der Waals surface area (Å²) in [4.78, 5) is 23.7. The van der Waals surface area contributed by atoms with Gasteiger partial charge in [-0.1, -0.05) is 11.6 Å². The maximum absolute atomic E-state index is 13.4. The molecule has 3 heterocycles. The Labute approximate surface area is 207 Å². The topological polar surface area (TPSA) is 162 Å². The fourth-order valence-electron chi connectivity index (χ4n) is 4.16. The molecule has 188 valence electrons. The second-order valence-electron chi connectivity index (χ2n) is 8.76. The molecule has 4 rings (SSSR count). The number of fused-ring (bicyclic) bond motifs is 1. The number of likely N-dealkylation sites (tertiary alicyclic amines) is 1. The van der Waals surface area contributed by atoms with Crippen LogP contribution >= 0.6 is 11.6 Å². The predicted molar refractivity (Wildman–Crippen MR) is 130 cm³/mol. The van der Waals surface area contributed by atoms with E-state index in [1.165, 1.54) is 14.0 Å². The molecule has 0 aliphatic carbocycles. The number of hydrogen-bond donors (Lipinski definition) is 4. The summed E-state index contributed by atoms with van der Waals surface area (Å²) in [5.74, 6) is -1.29. The number of nitrogens with one attached hydrogen (secondary N) is 1. The number of hydrogen-bond acceptors (Lipinski definition) is 10. The summed E-state index contributed by atoms with van der Waals surface area (Å²) in [5.41, 5.74) is 13.4. The number of carbonyl (C=O) groups excluding carboxylic acids is 1. The number of nitrogens with two attached hydrogens (primary N) is 2. The van der Waals surface area contributed by atoms with Gasteiger partial charge in [-0.2, -0.15) is 4.98 Å². The van der Waals surface area contributed by atoms with Gasteiger partial charge < -0.3 is 29.2 Å². The quantitative estimate of drug-likeness (QED) is 0.334. The highest BCUT2D eigenvalue weighted by Crippen LogP contribution is 2.33. The van der Waals surface area contributed by atoms with E-state index in [1.54, 1.807) is 35.4 Å². The SMILES string of the molecule is COc1cc(C(=O)N2CC(OC(C)(N)N)CC2CO)cc2nc(NC(C)c3cc(Cl)ccn3)oc12. The molecular weight excluding hydrogens is 476 g/mol. The minimum atomic E-state index is -1.34. The van der Waals surface area contributed by atoms with Crippen molar-refractivity contribution in [3.8, 4) is 5.75 Å². The highest BCUT2D eigenvalue weighted by molar-refractivity contribution is 6.30. The minimum absolute atomic E-state index is 0.218. The number of benzene rings is 1. The number of ether oxygens (including phenoxy) is 2. The number of methoxy groups -OCH3 is 1. The van der Waals surface area contributed by atoms with Crippen LogP contribution in [0.5, 0.6) is 5.75 Å². The number of oxazole rings is 1. The lowest BCUT2D eigenvalue weighted by atomic mass is 10.1. The molecule has 0 bridgehead atoms.